The molecule has 6 N–H and O–H groups in total. The van der Waals surface area contributed by atoms with Gasteiger partial charge < -0.3 is 45.7 Å². The standard InChI is InChI=1S/C60H99N8O20PS/c1-7-86-89(82,83)87-34-18-12-8-9-13-20-45(70)26-35-85-37-36-84-33-19-21-44(69)23-30-68-53(75)40-48(58(68)80)90-41-47(65-59(81)88-60(4,5)6)55(77)63-29-16-11-10-15-28-62-54(76)46(64-50(72)25-32-67-52(74)39-43(3)57(67)79)22-14-17-27-61-49(71)24-31-66-51(73)38-42(2)56(66)78/h42-43,46-48H,7-41H2,1-6H3,(H,61,71)(H,62,76)(H,63,77)(H,64,72)(H,65,81)(H,82,83)/t42?,43?,46-,47-,48?/m1/s1. The van der Waals surface area contributed by atoms with Crippen molar-refractivity contribution in [1.82, 2.24) is 41.3 Å². The number of thioether (sulfide) groups is 1. The predicted octanol–water partition coefficient (Wildman–Crippen LogP) is 4.10. The van der Waals surface area contributed by atoms with Gasteiger partial charge in [-0.3, -0.25) is 81.3 Å². The van der Waals surface area contributed by atoms with Crippen LogP contribution in [0.2, 0.25) is 0 Å². The van der Waals surface area contributed by atoms with Crippen LogP contribution < -0.4 is 26.6 Å². The number of phosphoric ester groups is 1. The molecule has 0 spiro atoms. The Labute approximate surface area is 532 Å². The molecule has 510 valence electrons. The maximum atomic E-state index is 13.5. The third kappa shape index (κ3) is 32.0. The van der Waals surface area contributed by atoms with E-state index in [4.69, 9.17) is 18.7 Å². The van der Waals surface area contributed by atoms with Crippen molar-refractivity contribution in [1.29, 1.82) is 0 Å². The van der Waals surface area contributed by atoms with Gasteiger partial charge in [0.15, 0.2) is 0 Å². The maximum absolute atomic E-state index is 13.5. The van der Waals surface area contributed by atoms with Crippen LogP contribution in [0.3, 0.4) is 0 Å². The van der Waals surface area contributed by atoms with E-state index in [1.165, 1.54) is 0 Å². The molecular weight excluding hydrogens is 1220 g/mol. The average molecular weight is 1320 g/mol. The highest BCUT2D eigenvalue weighted by atomic mass is 32.2. The van der Waals surface area contributed by atoms with E-state index in [1.54, 1.807) is 41.5 Å². The van der Waals surface area contributed by atoms with Crippen molar-refractivity contribution in [3.05, 3.63) is 0 Å². The van der Waals surface area contributed by atoms with Gasteiger partial charge >= 0.3 is 13.9 Å². The Morgan fingerprint density at radius 2 is 1.04 bits per heavy atom. The molecular formula is C60H99N8O20PS. The molecule has 90 heavy (non-hydrogen) atoms. The second-order valence-corrected chi connectivity index (χ2v) is 26.4. The average Bonchev–Trinajstić information content (AvgIpc) is 2.11. The van der Waals surface area contributed by atoms with Crippen molar-refractivity contribution in [2.75, 3.05) is 84.7 Å². The first-order chi connectivity index (χ1) is 42.7. The van der Waals surface area contributed by atoms with Gasteiger partial charge in [0.25, 0.3) is 0 Å². The number of Topliss-reactive ketones (excluding diaryl/α,β-unsaturated/α-hetero) is 2. The summed E-state index contributed by atoms with van der Waals surface area (Å²) in [6.07, 6.45) is 7.63. The van der Waals surface area contributed by atoms with Crippen molar-refractivity contribution in [3.8, 4) is 0 Å². The molecule has 3 aliphatic heterocycles. The first kappa shape index (κ1) is 78.5. The fraction of sp³-hybridized carbons (Fsp3) is 0.783. The van der Waals surface area contributed by atoms with Gasteiger partial charge in [-0.15, -0.1) is 11.8 Å². The van der Waals surface area contributed by atoms with E-state index in [1.807, 2.05) is 0 Å². The number of alkyl carbamates (subject to hydrolysis) is 1. The minimum atomic E-state index is -3.96. The second-order valence-electron chi connectivity index (χ2n) is 23.7. The lowest BCUT2D eigenvalue weighted by atomic mass is 10.1. The van der Waals surface area contributed by atoms with Gasteiger partial charge in [0.05, 0.1) is 38.3 Å². The number of phosphoric acid groups is 1. The highest BCUT2D eigenvalue weighted by Crippen LogP contribution is 2.43. The number of hydrogen-bond donors (Lipinski definition) is 6. The molecule has 3 rings (SSSR count). The number of ketones is 2. The van der Waals surface area contributed by atoms with Crippen LogP contribution in [0, 0.1) is 11.8 Å². The third-order valence-corrected chi connectivity index (χ3v) is 17.1. The van der Waals surface area contributed by atoms with Crippen LogP contribution in [0.25, 0.3) is 0 Å². The number of likely N-dealkylation sites (tertiary alicyclic amines) is 3. The zero-order valence-corrected chi connectivity index (χ0v) is 55.2. The normalized spacial score (nSPS) is 18.2. The Bertz CT molecular complexity index is 2470. The maximum Gasteiger partial charge on any atom is 0.472 e. The minimum absolute atomic E-state index is 0.00928. The van der Waals surface area contributed by atoms with Crippen LogP contribution in [0.5, 0.6) is 0 Å². The van der Waals surface area contributed by atoms with E-state index in [-0.39, 0.29) is 171 Å². The summed E-state index contributed by atoms with van der Waals surface area (Å²) >= 11 is 1.04. The molecule has 30 heteroatoms. The van der Waals surface area contributed by atoms with Crippen LogP contribution in [0.4, 0.5) is 4.79 Å². The molecule has 3 fully saturated rings. The zero-order chi connectivity index (χ0) is 66.7. The van der Waals surface area contributed by atoms with E-state index >= 15 is 0 Å². The Hall–Kier alpha value is -5.71. The highest BCUT2D eigenvalue weighted by molar-refractivity contribution is 8.00. The van der Waals surface area contributed by atoms with Gasteiger partial charge in [0.1, 0.15) is 29.3 Å². The molecule has 0 aromatic rings. The quantitative estimate of drug-likeness (QED) is 0.0284. The number of unbranched alkanes of at least 4 members (excludes halogenated alkanes) is 8. The smallest absolute Gasteiger partial charge is 0.444 e. The van der Waals surface area contributed by atoms with Gasteiger partial charge in [-0.05, 0) is 79.1 Å². The van der Waals surface area contributed by atoms with E-state index in [0.717, 1.165) is 52.1 Å². The lowest BCUT2D eigenvalue weighted by Gasteiger charge is -2.23. The largest absolute Gasteiger partial charge is 0.472 e. The van der Waals surface area contributed by atoms with Crippen molar-refractivity contribution < 1.29 is 95.0 Å². The van der Waals surface area contributed by atoms with Crippen LogP contribution >= 0.6 is 19.6 Å². The van der Waals surface area contributed by atoms with E-state index < -0.39 is 78.2 Å². The molecule has 0 aliphatic carbocycles. The number of nitrogens with one attached hydrogen (secondary N) is 5. The Morgan fingerprint density at radius 1 is 0.544 bits per heavy atom. The molecule has 0 aromatic carbocycles. The number of carbonyl (C=O) groups excluding carboxylic acids is 13. The van der Waals surface area contributed by atoms with Gasteiger partial charge in [0.2, 0.25) is 59.1 Å². The van der Waals surface area contributed by atoms with Crippen LogP contribution in [-0.2, 0) is 85.4 Å². The van der Waals surface area contributed by atoms with Crippen LogP contribution in [0.15, 0.2) is 0 Å². The first-order valence-corrected chi connectivity index (χ1v) is 34.3. The summed E-state index contributed by atoms with van der Waals surface area (Å²) in [5.41, 5.74) is -0.878. The Morgan fingerprint density at radius 3 is 1.64 bits per heavy atom. The molecule has 0 radical (unpaired) electrons. The van der Waals surface area contributed by atoms with E-state index in [0.29, 0.717) is 70.8 Å². The minimum Gasteiger partial charge on any atom is -0.444 e. The molecule has 0 bridgehead atoms. The van der Waals surface area contributed by atoms with Crippen LogP contribution in [0.1, 0.15) is 183 Å². The summed E-state index contributed by atoms with van der Waals surface area (Å²) < 4.78 is 37.5. The number of ether oxygens (including phenoxy) is 3. The SMILES string of the molecule is CCOP(=O)(O)OCCCCCCCC(=O)CCOCCOCCCC(=O)CCN1C(=O)CC(SC[C@@H](NC(=O)OC(C)(C)C)C(=O)NCCCCCCNC(=O)[C@@H](CCCCNC(=O)CCN2C(=O)CC(C)C2=O)NC(=O)CCN2C(=O)CC(C)C2=O)C1=O. The van der Waals surface area contributed by atoms with Gasteiger partial charge in [-0.1, -0.05) is 46.0 Å². The fourth-order valence-electron chi connectivity index (χ4n) is 9.76. The summed E-state index contributed by atoms with van der Waals surface area (Å²) in [4.78, 5) is 178. The summed E-state index contributed by atoms with van der Waals surface area (Å²) in [6.45, 7) is 11.8. The summed E-state index contributed by atoms with van der Waals surface area (Å²) in [7, 11) is -3.96. The first-order valence-electron chi connectivity index (χ1n) is 31.8. The molecule has 11 amide bonds. The Kier molecular flexibility index (Phi) is 37.0. The number of imide groups is 3. The molecule has 3 saturated heterocycles. The Balaban J connectivity index is 1.33. The van der Waals surface area contributed by atoms with E-state index in [9.17, 15) is 71.8 Å². The summed E-state index contributed by atoms with van der Waals surface area (Å²) in [6, 6.07) is -2.09. The van der Waals surface area contributed by atoms with Crippen molar-refractivity contribution in [3.63, 3.8) is 0 Å². The van der Waals surface area contributed by atoms with Crippen molar-refractivity contribution >= 4 is 96.3 Å². The fourth-order valence-corrected chi connectivity index (χ4v) is 11.7. The zero-order valence-electron chi connectivity index (χ0n) is 53.5. The lowest BCUT2D eigenvalue weighted by molar-refractivity contribution is -0.141. The number of rotatable bonds is 49. The third-order valence-electron chi connectivity index (χ3n) is 14.7. The summed E-state index contributed by atoms with van der Waals surface area (Å²) in [5.74, 6) is -5.11. The second kappa shape index (κ2) is 42.4. The molecule has 3 aliphatic rings. The highest BCUT2D eigenvalue weighted by Gasteiger charge is 2.40. The lowest BCUT2D eigenvalue weighted by Crippen LogP contribution is -2.50. The van der Waals surface area contributed by atoms with Gasteiger partial charge in [-0.25, -0.2) is 9.36 Å². The molecule has 4 unspecified atom stereocenters. The van der Waals surface area contributed by atoms with Crippen molar-refractivity contribution in [2.24, 2.45) is 11.8 Å². The van der Waals surface area contributed by atoms with Crippen LogP contribution in [-0.4, -0.2) is 204 Å². The number of carbonyl (C=O) groups is 13. The molecule has 0 saturated carbocycles. The number of amides is 11. The monoisotopic (exact) mass is 1310 g/mol. The molecule has 3 heterocycles. The van der Waals surface area contributed by atoms with Gasteiger partial charge in [-0.2, -0.15) is 0 Å². The molecule has 6 atom stereocenters. The van der Waals surface area contributed by atoms with Gasteiger partial charge in [0, 0.05) is 121 Å². The van der Waals surface area contributed by atoms with E-state index in [2.05, 4.69) is 31.1 Å². The number of nitrogens with zero attached hydrogens (tertiary/aromatic N) is 3. The molecule has 0 aromatic heterocycles. The predicted molar refractivity (Wildman–Crippen MR) is 329 cm³/mol. The summed E-state index contributed by atoms with van der Waals surface area (Å²) in [5, 5.41) is 12.9. The topological polar surface area (TPSA) is 375 Å². The molecule has 28 nitrogen and oxygen atoms in total. The van der Waals surface area contributed by atoms with Crippen molar-refractivity contribution in [2.45, 2.75) is 206 Å². The number of hydrogen-bond acceptors (Lipinski definition) is 20.